The number of imidazole rings is 1. The molecule has 22 heavy (non-hydrogen) atoms. The number of hydrogen-bond donors (Lipinski definition) is 0. The van der Waals surface area contributed by atoms with Crippen molar-refractivity contribution < 1.29 is 0 Å². The Kier molecular flexibility index (Phi) is 3.75. The van der Waals surface area contributed by atoms with Gasteiger partial charge in [-0.3, -0.25) is 4.40 Å². The van der Waals surface area contributed by atoms with Crippen LogP contribution in [-0.4, -0.2) is 9.38 Å². The zero-order valence-electron chi connectivity index (χ0n) is 13.5. The predicted molar refractivity (Wildman–Crippen MR) is 89.4 cm³/mol. The van der Waals surface area contributed by atoms with Gasteiger partial charge in [0.15, 0.2) is 5.82 Å². The lowest BCUT2D eigenvalue weighted by Gasteiger charge is -2.05. The van der Waals surface area contributed by atoms with Gasteiger partial charge in [0.1, 0.15) is 5.65 Å². The minimum absolute atomic E-state index is 0.795. The molecule has 0 saturated carbocycles. The van der Waals surface area contributed by atoms with Crippen LogP contribution in [0.3, 0.4) is 0 Å². The van der Waals surface area contributed by atoms with Gasteiger partial charge in [0.05, 0.1) is 11.4 Å². The number of aryl methyl sites for hydroxylation is 4. The molecule has 0 saturated heterocycles. The fourth-order valence-corrected chi connectivity index (χ4v) is 2.62. The molecule has 0 aliphatic heterocycles. The van der Waals surface area contributed by atoms with Crippen molar-refractivity contribution in [1.82, 2.24) is 9.38 Å². The van der Waals surface area contributed by atoms with Gasteiger partial charge in [0.2, 0.25) is 0 Å². The van der Waals surface area contributed by atoms with Gasteiger partial charge in [-0.25, -0.2) is 4.98 Å². The molecular formula is C18H20N4. The third-order valence-corrected chi connectivity index (χ3v) is 3.86. The maximum absolute atomic E-state index is 4.54. The topological polar surface area (TPSA) is 42.0 Å². The van der Waals surface area contributed by atoms with E-state index in [4.69, 9.17) is 0 Å². The molecule has 3 aromatic rings. The largest absolute Gasteiger partial charge is 0.283 e. The predicted octanol–water partition coefficient (Wildman–Crippen LogP) is 5.24. The number of rotatable bonds is 3. The summed E-state index contributed by atoms with van der Waals surface area (Å²) < 4.78 is 2.00. The van der Waals surface area contributed by atoms with Crippen molar-refractivity contribution in [2.75, 3.05) is 0 Å². The first kappa shape index (κ1) is 14.4. The number of pyridine rings is 1. The van der Waals surface area contributed by atoms with E-state index in [-0.39, 0.29) is 0 Å². The van der Waals surface area contributed by atoms with Crippen molar-refractivity contribution in [3.63, 3.8) is 0 Å². The number of nitrogens with zero attached hydrogens (tertiary/aromatic N) is 4. The molecule has 0 fully saturated rings. The SMILES string of the molecule is CCc1cccc(C)c1N=Nc1c(C)nc2ccc(C)cn12. The van der Waals surface area contributed by atoms with E-state index in [9.17, 15) is 0 Å². The number of azo groups is 1. The third kappa shape index (κ3) is 2.52. The number of hydrogen-bond acceptors (Lipinski definition) is 3. The molecule has 0 unspecified atom stereocenters. The highest BCUT2D eigenvalue weighted by Gasteiger charge is 2.09. The van der Waals surface area contributed by atoms with Gasteiger partial charge < -0.3 is 0 Å². The standard InChI is InChI=1S/C18H20N4/c1-5-15-8-6-7-13(3)17(15)20-21-18-14(4)19-16-10-9-12(2)11-22(16)18/h6-11H,5H2,1-4H3. The Balaban J connectivity index is 2.11. The van der Waals surface area contributed by atoms with Crippen LogP contribution < -0.4 is 0 Å². The molecule has 3 rings (SSSR count). The monoisotopic (exact) mass is 292 g/mol. The summed E-state index contributed by atoms with van der Waals surface area (Å²) in [6.45, 7) is 8.23. The van der Waals surface area contributed by atoms with E-state index in [2.05, 4.69) is 60.2 Å². The van der Waals surface area contributed by atoms with E-state index in [0.717, 1.165) is 34.8 Å². The maximum atomic E-state index is 4.54. The van der Waals surface area contributed by atoms with Crippen molar-refractivity contribution in [2.24, 2.45) is 10.2 Å². The first-order chi connectivity index (χ1) is 10.6. The lowest BCUT2D eigenvalue weighted by Crippen LogP contribution is -1.86. The summed E-state index contributed by atoms with van der Waals surface area (Å²) in [6, 6.07) is 10.3. The second-order valence-corrected chi connectivity index (χ2v) is 5.59. The number of aromatic nitrogens is 2. The van der Waals surface area contributed by atoms with Crippen molar-refractivity contribution >= 4 is 17.2 Å². The van der Waals surface area contributed by atoms with Gasteiger partial charge in [-0.2, -0.15) is 0 Å². The molecule has 0 aliphatic rings. The molecule has 1 aromatic carbocycles. The van der Waals surface area contributed by atoms with E-state index in [0.29, 0.717) is 0 Å². The summed E-state index contributed by atoms with van der Waals surface area (Å²) in [4.78, 5) is 4.54. The molecule has 4 heteroatoms. The Morgan fingerprint density at radius 2 is 1.86 bits per heavy atom. The van der Waals surface area contributed by atoms with Crippen molar-refractivity contribution in [3.05, 3.63) is 58.9 Å². The van der Waals surface area contributed by atoms with Gasteiger partial charge in [-0.1, -0.05) is 31.2 Å². The maximum Gasteiger partial charge on any atom is 0.182 e. The van der Waals surface area contributed by atoms with E-state index in [1.165, 1.54) is 11.1 Å². The van der Waals surface area contributed by atoms with Gasteiger partial charge in [-0.05, 0) is 49.9 Å². The molecule has 2 aromatic heterocycles. The van der Waals surface area contributed by atoms with Gasteiger partial charge in [0.25, 0.3) is 0 Å². The van der Waals surface area contributed by atoms with E-state index in [1.807, 2.05) is 23.6 Å². The molecule has 0 bridgehead atoms. The number of benzene rings is 1. The van der Waals surface area contributed by atoms with Gasteiger partial charge in [0, 0.05) is 6.20 Å². The fraction of sp³-hybridized carbons (Fsp3) is 0.278. The summed E-state index contributed by atoms with van der Waals surface area (Å²) in [5, 5.41) is 9.02. The van der Waals surface area contributed by atoms with E-state index in [1.54, 1.807) is 0 Å². The molecule has 0 radical (unpaired) electrons. The van der Waals surface area contributed by atoms with Crippen molar-refractivity contribution in [1.29, 1.82) is 0 Å². The van der Waals surface area contributed by atoms with Crippen molar-refractivity contribution in [3.8, 4) is 0 Å². The smallest absolute Gasteiger partial charge is 0.182 e. The van der Waals surface area contributed by atoms with E-state index >= 15 is 0 Å². The minimum Gasteiger partial charge on any atom is -0.283 e. The molecule has 4 nitrogen and oxygen atoms in total. The van der Waals surface area contributed by atoms with E-state index < -0.39 is 0 Å². The third-order valence-electron chi connectivity index (χ3n) is 3.86. The summed E-state index contributed by atoms with van der Waals surface area (Å²) in [6.07, 6.45) is 2.99. The molecule has 0 N–H and O–H groups in total. The van der Waals surface area contributed by atoms with Crippen LogP contribution in [0.25, 0.3) is 5.65 Å². The van der Waals surface area contributed by atoms with Gasteiger partial charge >= 0.3 is 0 Å². The molecule has 112 valence electrons. The summed E-state index contributed by atoms with van der Waals surface area (Å²) in [5.74, 6) is 0.795. The lowest BCUT2D eigenvalue weighted by molar-refractivity contribution is 1.05. The minimum atomic E-state index is 0.795. The van der Waals surface area contributed by atoms with Crippen LogP contribution in [0.2, 0.25) is 0 Å². The van der Waals surface area contributed by atoms with Crippen LogP contribution in [-0.2, 0) is 6.42 Å². The Morgan fingerprint density at radius 1 is 1.05 bits per heavy atom. The first-order valence-corrected chi connectivity index (χ1v) is 7.55. The Bertz CT molecular complexity index is 859. The van der Waals surface area contributed by atoms with Crippen molar-refractivity contribution in [2.45, 2.75) is 34.1 Å². The van der Waals surface area contributed by atoms with Crippen LogP contribution in [0.1, 0.15) is 29.3 Å². The molecule has 0 amide bonds. The van der Waals surface area contributed by atoms with Crippen LogP contribution in [0, 0.1) is 20.8 Å². The Labute approximate surface area is 130 Å². The molecule has 0 atom stereocenters. The second kappa shape index (κ2) is 5.72. The lowest BCUT2D eigenvalue weighted by atomic mass is 10.1. The van der Waals surface area contributed by atoms with Crippen LogP contribution in [0.15, 0.2) is 46.8 Å². The number of fused-ring (bicyclic) bond motifs is 1. The summed E-state index contributed by atoms with van der Waals surface area (Å²) >= 11 is 0. The second-order valence-electron chi connectivity index (χ2n) is 5.59. The highest BCUT2D eigenvalue weighted by molar-refractivity contribution is 5.55. The Morgan fingerprint density at radius 3 is 2.64 bits per heavy atom. The summed E-state index contributed by atoms with van der Waals surface area (Å²) in [7, 11) is 0. The zero-order chi connectivity index (χ0) is 15.7. The fourth-order valence-electron chi connectivity index (χ4n) is 2.62. The van der Waals surface area contributed by atoms with Gasteiger partial charge in [-0.15, -0.1) is 10.2 Å². The molecule has 2 heterocycles. The quantitative estimate of drug-likeness (QED) is 0.609. The normalized spacial score (nSPS) is 11.6. The van der Waals surface area contributed by atoms with Crippen LogP contribution in [0.4, 0.5) is 11.5 Å². The van der Waals surface area contributed by atoms with Crippen LogP contribution >= 0.6 is 0 Å². The zero-order valence-corrected chi connectivity index (χ0v) is 13.5. The molecular weight excluding hydrogens is 272 g/mol. The molecule has 0 spiro atoms. The average Bonchev–Trinajstić information content (AvgIpc) is 2.81. The highest BCUT2D eigenvalue weighted by Crippen LogP contribution is 2.28. The first-order valence-electron chi connectivity index (χ1n) is 7.55. The molecule has 0 aliphatic carbocycles. The highest BCUT2D eigenvalue weighted by atomic mass is 15.2. The Hall–Kier alpha value is -2.49. The van der Waals surface area contributed by atoms with Crippen LogP contribution in [0.5, 0.6) is 0 Å². The average molecular weight is 292 g/mol. The summed E-state index contributed by atoms with van der Waals surface area (Å²) in [5.41, 5.74) is 6.29.